The van der Waals surface area contributed by atoms with E-state index in [9.17, 15) is 73.4 Å². The second-order valence-electron chi connectivity index (χ2n) is 3.98. The fourth-order valence-corrected chi connectivity index (χ4v) is 1.30. The van der Waals surface area contributed by atoms with Crippen LogP contribution in [0.3, 0.4) is 0 Å². The molecule has 1 N–H and O–H groups in total. The molecule has 0 aliphatic carbocycles. The third-order valence-electron chi connectivity index (χ3n) is 1.48. The van der Waals surface area contributed by atoms with Crippen molar-refractivity contribution in [3.05, 3.63) is 29.8 Å². The van der Waals surface area contributed by atoms with E-state index in [-0.39, 0.29) is 20.3 Å². The summed E-state index contributed by atoms with van der Waals surface area (Å²) < 4.78 is 182. The largest absolute Gasteiger partial charge is 1.00 e. The van der Waals surface area contributed by atoms with Gasteiger partial charge in [0.25, 0.3) is 10.1 Å². The van der Waals surface area contributed by atoms with Crippen LogP contribution < -0.4 is 18.9 Å². The molecular formula is C7H6B3F15LiO3S-3. The van der Waals surface area contributed by atoms with E-state index >= 15 is 0 Å². The SMILES string of the molecule is F[B-](F)(F)F.F[B-](F)(F)F.F[B-](F)(F)F.O=S(=O)(O)c1ccc(C(F)(F)F)cc1.[H-].[Li+]. The Kier molecular flexibility index (Phi) is 16.1. The van der Waals surface area contributed by atoms with Gasteiger partial charge in [0.2, 0.25) is 0 Å². The van der Waals surface area contributed by atoms with E-state index in [0.29, 0.717) is 24.3 Å². The van der Waals surface area contributed by atoms with Gasteiger partial charge in [0.1, 0.15) is 0 Å². The van der Waals surface area contributed by atoms with Crippen LogP contribution in [0.4, 0.5) is 65.0 Å². The topological polar surface area (TPSA) is 54.4 Å². The predicted molar refractivity (Wildman–Crippen MR) is 72.9 cm³/mol. The second kappa shape index (κ2) is 13.3. The van der Waals surface area contributed by atoms with Crippen molar-refractivity contribution in [3.63, 3.8) is 0 Å². The number of benzene rings is 1. The predicted octanol–water partition coefficient (Wildman–Crippen LogP) is 2.97. The van der Waals surface area contributed by atoms with E-state index < -0.39 is 48.5 Å². The van der Waals surface area contributed by atoms with Crippen LogP contribution in [0.5, 0.6) is 0 Å². The van der Waals surface area contributed by atoms with Gasteiger partial charge in [-0.15, -0.1) is 0 Å². The Hall–Kier alpha value is -1.13. The molecule has 0 heterocycles. The van der Waals surface area contributed by atoms with Gasteiger partial charge in [0.15, 0.2) is 0 Å². The van der Waals surface area contributed by atoms with Crippen molar-refractivity contribution < 1.29 is 98.2 Å². The van der Waals surface area contributed by atoms with E-state index in [0.717, 1.165) is 0 Å². The van der Waals surface area contributed by atoms with E-state index in [1.54, 1.807) is 0 Å². The number of halogens is 15. The van der Waals surface area contributed by atoms with Gasteiger partial charge in [0.05, 0.1) is 10.5 Å². The average Bonchev–Trinajstić information content (AvgIpc) is 2.30. The minimum atomic E-state index is -6.00. The first-order valence-electron chi connectivity index (χ1n) is 5.98. The monoisotopic (exact) mass is 495 g/mol. The summed E-state index contributed by atoms with van der Waals surface area (Å²) in [6.07, 6.45) is -4.52. The Morgan fingerprint density at radius 1 is 0.667 bits per heavy atom. The average molecular weight is 495 g/mol. The van der Waals surface area contributed by atoms with Gasteiger partial charge in [-0.25, -0.2) is 0 Å². The van der Waals surface area contributed by atoms with Crippen molar-refractivity contribution in [1.29, 1.82) is 0 Å². The quantitative estimate of drug-likeness (QED) is 0.371. The zero-order valence-corrected chi connectivity index (χ0v) is 14.7. The van der Waals surface area contributed by atoms with Crippen LogP contribution >= 0.6 is 0 Å². The zero-order chi connectivity index (χ0) is 24.5. The molecule has 0 spiro atoms. The molecule has 0 amide bonds. The molecule has 0 aliphatic rings. The molecule has 3 nitrogen and oxygen atoms in total. The molecule has 1 rings (SSSR count). The summed E-state index contributed by atoms with van der Waals surface area (Å²) in [6, 6.07) is 2.56. The number of rotatable bonds is 1. The molecule has 23 heteroatoms. The van der Waals surface area contributed by atoms with Gasteiger partial charge in [0, 0.05) is 0 Å². The Morgan fingerprint density at radius 3 is 1.00 bits per heavy atom. The van der Waals surface area contributed by atoms with Gasteiger partial charge in [-0.3, -0.25) is 4.55 Å². The van der Waals surface area contributed by atoms with Crippen molar-refractivity contribution in [2.75, 3.05) is 0 Å². The van der Waals surface area contributed by atoms with Crippen LogP contribution in [-0.4, -0.2) is 34.7 Å². The van der Waals surface area contributed by atoms with Crippen molar-refractivity contribution in [3.8, 4) is 0 Å². The Bertz CT molecular complexity index is 642. The zero-order valence-electron chi connectivity index (χ0n) is 14.9. The van der Waals surface area contributed by atoms with Gasteiger partial charge < -0.3 is 53.2 Å². The first kappa shape index (κ1) is 36.3. The Balaban J connectivity index is -0.000000111. The molecule has 0 saturated carbocycles. The summed E-state index contributed by atoms with van der Waals surface area (Å²) in [4.78, 5) is -0.564. The molecule has 0 fully saturated rings. The van der Waals surface area contributed by atoms with Gasteiger partial charge >= 0.3 is 46.8 Å². The van der Waals surface area contributed by atoms with Gasteiger partial charge in [-0.1, -0.05) is 0 Å². The maximum atomic E-state index is 12.0. The second-order valence-corrected chi connectivity index (χ2v) is 5.40. The van der Waals surface area contributed by atoms with Crippen molar-refractivity contribution in [2.45, 2.75) is 11.1 Å². The Labute approximate surface area is 171 Å². The normalized spacial score (nSPS) is 12.0. The third-order valence-corrected chi connectivity index (χ3v) is 2.35. The summed E-state index contributed by atoms with van der Waals surface area (Å²) in [5.41, 5.74) is -0.968. The molecule has 0 radical (unpaired) electrons. The molecule has 30 heavy (non-hydrogen) atoms. The molecule has 176 valence electrons. The number of hydrogen-bond acceptors (Lipinski definition) is 2. The maximum absolute atomic E-state index is 12.0. The molecule has 0 aromatic heterocycles. The van der Waals surface area contributed by atoms with E-state index in [2.05, 4.69) is 0 Å². The molecule has 0 bridgehead atoms. The molecule has 1 aromatic carbocycles. The van der Waals surface area contributed by atoms with E-state index in [4.69, 9.17) is 4.55 Å². The minimum Gasteiger partial charge on any atom is -1.00 e. The molecule has 0 saturated heterocycles. The Morgan fingerprint density at radius 2 is 0.867 bits per heavy atom. The van der Waals surface area contributed by atoms with Gasteiger partial charge in [-0.2, -0.15) is 21.6 Å². The number of hydrogen-bond donors (Lipinski definition) is 1. The van der Waals surface area contributed by atoms with Gasteiger partial charge in [-0.05, 0) is 24.3 Å². The summed E-state index contributed by atoms with van der Waals surface area (Å²) in [7, 11) is -22.4. The van der Waals surface area contributed by atoms with Crippen LogP contribution in [0.1, 0.15) is 6.99 Å². The third kappa shape index (κ3) is 41.3. The molecule has 1 aromatic rings. The van der Waals surface area contributed by atoms with Crippen LogP contribution in [0.25, 0.3) is 0 Å². The molecule has 0 atom stereocenters. The first-order chi connectivity index (χ1) is 12.2. The first-order valence-corrected chi connectivity index (χ1v) is 7.42. The molecule has 0 unspecified atom stereocenters. The minimum absolute atomic E-state index is 0. The van der Waals surface area contributed by atoms with Crippen molar-refractivity contribution in [2.24, 2.45) is 0 Å². The standard InChI is InChI=1S/C7H5F3O3S.3BF4.Li.H/c8-7(9,10)5-1-3-6(4-2-5)14(11,12)13;3*2-1(3,4)5;;/h1-4H,(H,11,12,13);;;;;/q;3*-1;+1;-1. The van der Waals surface area contributed by atoms with Crippen LogP contribution in [0.2, 0.25) is 0 Å². The summed E-state index contributed by atoms with van der Waals surface area (Å²) >= 11 is 0. The smallest absolute Gasteiger partial charge is 1.00 e. The van der Waals surface area contributed by atoms with Crippen LogP contribution in [-0.2, 0) is 16.3 Å². The molecule has 0 aliphatic heterocycles. The fraction of sp³-hybridized carbons (Fsp3) is 0.143. The summed E-state index contributed by atoms with van der Waals surface area (Å²) in [5, 5.41) is 0. The number of alkyl halides is 3. The van der Waals surface area contributed by atoms with Crippen LogP contribution in [0, 0.1) is 0 Å². The van der Waals surface area contributed by atoms with Crippen LogP contribution in [0.15, 0.2) is 29.2 Å². The van der Waals surface area contributed by atoms with Crippen molar-refractivity contribution in [1.82, 2.24) is 0 Å². The maximum Gasteiger partial charge on any atom is 1.00 e. The molecular weight excluding hydrogens is 488 g/mol. The summed E-state index contributed by atoms with van der Waals surface area (Å²) in [6.45, 7) is 0. The van der Waals surface area contributed by atoms with E-state index in [1.165, 1.54) is 0 Å². The fourth-order valence-electron chi connectivity index (χ4n) is 0.816. The van der Waals surface area contributed by atoms with E-state index in [1.807, 2.05) is 0 Å². The van der Waals surface area contributed by atoms with Crippen molar-refractivity contribution >= 4 is 31.9 Å². The summed E-state index contributed by atoms with van der Waals surface area (Å²) in [5.74, 6) is 0.